The normalized spacial score (nSPS) is 10.3. The van der Waals surface area contributed by atoms with Gasteiger partial charge in [0.2, 0.25) is 0 Å². The number of benzene rings is 1. The lowest BCUT2D eigenvalue weighted by atomic mass is 10.2. The quantitative estimate of drug-likeness (QED) is 0.722. The minimum atomic E-state index is -0.724. The molecule has 0 aromatic heterocycles. The molecule has 2 N–H and O–H groups in total. The second-order valence-corrected chi connectivity index (χ2v) is 4.09. The van der Waals surface area contributed by atoms with Crippen LogP contribution in [0, 0.1) is 0 Å². The molecule has 0 aliphatic rings. The zero-order valence-electron chi connectivity index (χ0n) is 9.08. The molecular formula is C12H16ClNO2. The summed E-state index contributed by atoms with van der Waals surface area (Å²) in [6.45, 7) is 1.64. The van der Waals surface area contributed by atoms with E-state index >= 15 is 0 Å². The zero-order chi connectivity index (χ0) is 11.8. The standard InChI is InChI=1S/C12H16ClNO2/c13-11-6-4-10(5-7-11)9-14-8-2-1-3-12(15)16/h4-7,14H,1-3,8-9H2,(H,15,16). The van der Waals surface area contributed by atoms with E-state index in [1.54, 1.807) is 0 Å². The van der Waals surface area contributed by atoms with Crippen molar-refractivity contribution in [2.24, 2.45) is 0 Å². The van der Waals surface area contributed by atoms with E-state index < -0.39 is 5.97 Å². The van der Waals surface area contributed by atoms with Gasteiger partial charge in [-0.1, -0.05) is 23.7 Å². The lowest BCUT2D eigenvalue weighted by Gasteiger charge is -2.04. The van der Waals surface area contributed by atoms with Gasteiger partial charge in [0.15, 0.2) is 0 Å². The van der Waals surface area contributed by atoms with Crippen LogP contribution in [0.3, 0.4) is 0 Å². The molecule has 1 aromatic carbocycles. The van der Waals surface area contributed by atoms with Gasteiger partial charge in [0.05, 0.1) is 0 Å². The number of hydrogen-bond donors (Lipinski definition) is 2. The van der Waals surface area contributed by atoms with Crippen molar-refractivity contribution in [3.8, 4) is 0 Å². The molecule has 0 radical (unpaired) electrons. The first kappa shape index (κ1) is 13.0. The molecule has 0 aliphatic heterocycles. The van der Waals surface area contributed by atoms with E-state index in [0.29, 0.717) is 0 Å². The van der Waals surface area contributed by atoms with Crippen LogP contribution in [0.25, 0.3) is 0 Å². The summed E-state index contributed by atoms with van der Waals surface area (Å²) in [6, 6.07) is 7.69. The van der Waals surface area contributed by atoms with Gasteiger partial charge in [0.25, 0.3) is 0 Å². The van der Waals surface area contributed by atoms with Gasteiger partial charge < -0.3 is 10.4 Å². The number of halogens is 1. The number of rotatable bonds is 7. The lowest BCUT2D eigenvalue weighted by molar-refractivity contribution is -0.137. The zero-order valence-corrected chi connectivity index (χ0v) is 9.83. The Kier molecular flexibility index (Phi) is 5.90. The Morgan fingerprint density at radius 1 is 1.25 bits per heavy atom. The number of unbranched alkanes of at least 4 members (excludes halogenated alkanes) is 1. The number of carboxylic acids is 1. The number of carboxylic acid groups (broad SMARTS) is 1. The largest absolute Gasteiger partial charge is 0.481 e. The van der Waals surface area contributed by atoms with Crippen LogP contribution in [-0.2, 0) is 11.3 Å². The summed E-state index contributed by atoms with van der Waals surface area (Å²) >= 11 is 5.77. The Morgan fingerprint density at radius 2 is 1.94 bits per heavy atom. The summed E-state index contributed by atoms with van der Waals surface area (Å²) in [5, 5.41) is 12.4. The highest BCUT2D eigenvalue weighted by atomic mass is 35.5. The van der Waals surface area contributed by atoms with Crippen LogP contribution in [0.4, 0.5) is 0 Å². The molecule has 4 heteroatoms. The van der Waals surface area contributed by atoms with Crippen LogP contribution in [0.1, 0.15) is 24.8 Å². The molecule has 16 heavy (non-hydrogen) atoms. The Labute approximate surface area is 100 Å². The van der Waals surface area contributed by atoms with Gasteiger partial charge >= 0.3 is 5.97 Å². The molecule has 88 valence electrons. The van der Waals surface area contributed by atoms with Crippen LogP contribution < -0.4 is 5.32 Å². The molecule has 0 fully saturated rings. The second-order valence-electron chi connectivity index (χ2n) is 3.65. The molecule has 0 saturated carbocycles. The summed E-state index contributed by atoms with van der Waals surface area (Å²) in [5.74, 6) is -0.724. The third kappa shape index (κ3) is 5.73. The van der Waals surface area contributed by atoms with Crippen LogP contribution in [-0.4, -0.2) is 17.6 Å². The van der Waals surface area contributed by atoms with Crippen molar-refractivity contribution in [1.29, 1.82) is 0 Å². The molecule has 3 nitrogen and oxygen atoms in total. The van der Waals surface area contributed by atoms with Gasteiger partial charge in [-0.25, -0.2) is 0 Å². The van der Waals surface area contributed by atoms with Gasteiger partial charge in [0.1, 0.15) is 0 Å². The number of hydrogen-bond acceptors (Lipinski definition) is 2. The van der Waals surface area contributed by atoms with E-state index in [-0.39, 0.29) is 6.42 Å². The minimum Gasteiger partial charge on any atom is -0.481 e. The predicted molar refractivity (Wildman–Crippen MR) is 64.6 cm³/mol. The summed E-state index contributed by atoms with van der Waals surface area (Å²) in [4.78, 5) is 10.3. The Hall–Kier alpha value is -1.06. The van der Waals surface area contributed by atoms with Crippen LogP contribution in [0.15, 0.2) is 24.3 Å². The smallest absolute Gasteiger partial charge is 0.303 e. The third-order valence-corrected chi connectivity index (χ3v) is 2.49. The van der Waals surface area contributed by atoms with E-state index in [1.807, 2.05) is 24.3 Å². The molecule has 0 saturated heterocycles. The van der Waals surface area contributed by atoms with E-state index in [2.05, 4.69) is 5.32 Å². The maximum Gasteiger partial charge on any atom is 0.303 e. The average Bonchev–Trinajstić information content (AvgIpc) is 2.25. The van der Waals surface area contributed by atoms with Gasteiger partial charge in [-0.05, 0) is 37.1 Å². The van der Waals surface area contributed by atoms with E-state index in [0.717, 1.165) is 31.0 Å². The summed E-state index contributed by atoms with van der Waals surface area (Å²) < 4.78 is 0. The monoisotopic (exact) mass is 241 g/mol. The van der Waals surface area contributed by atoms with Gasteiger partial charge in [0, 0.05) is 18.0 Å². The Morgan fingerprint density at radius 3 is 2.56 bits per heavy atom. The molecule has 0 unspecified atom stereocenters. The fourth-order valence-corrected chi connectivity index (χ4v) is 1.49. The molecule has 0 heterocycles. The number of carbonyl (C=O) groups is 1. The molecule has 0 atom stereocenters. The van der Waals surface area contributed by atoms with Crippen LogP contribution >= 0.6 is 11.6 Å². The topological polar surface area (TPSA) is 49.3 Å². The lowest BCUT2D eigenvalue weighted by Crippen LogP contribution is -2.14. The molecule has 0 bridgehead atoms. The van der Waals surface area contributed by atoms with E-state index in [9.17, 15) is 4.79 Å². The van der Waals surface area contributed by atoms with Crippen molar-refractivity contribution >= 4 is 17.6 Å². The number of aliphatic carboxylic acids is 1. The average molecular weight is 242 g/mol. The second kappa shape index (κ2) is 7.25. The fourth-order valence-electron chi connectivity index (χ4n) is 1.36. The molecular weight excluding hydrogens is 226 g/mol. The molecule has 0 spiro atoms. The molecule has 1 aromatic rings. The van der Waals surface area contributed by atoms with Crippen molar-refractivity contribution in [2.45, 2.75) is 25.8 Å². The van der Waals surface area contributed by atoms with Gasteiger partial charge in [-0.2, -0.15) is 0 Å². The van der Waals surface area contributed by atoms with Crippen molar-refractivity contribution in [1.82, 2.24) is 5.32 Å². The molecule has 0 amide bonds. The Bertz CT molecular complexity index is 324. The highest BCUT2D eigenvalue weighted by molar-refractivity contribution is 6.30. The SMILES string of the molecule is O=C(O)CCCCNCc1ccc(Cl)cc1. The first-order chi connectivity index (χ1) is 7.68. The summed E-state index contributed by atoms with van der Waals surface area (Å²) in [6.07, 6.45) is 1.87. The van der Waals surface area contributed by atoms with Crippen molar-refractivity contribution in [3.05, 3.63) is 34.9 Å². The van der Waals surface area contributed by atoms with Crippen LogP contribution in [0.2, 0.25) is 5.02 Å². The first-order valence-corrected chi connectivity index (χ1v) is 5.73. The van der Waals surface area contributed by atoms with Crippen molar-refractivity contribution in [3.63, 3.8) is 0 Å². The van der Waals surface area contributed by atoms with Crippen molar-refractivity contribution in [2.75, 3.05) is 6.54 Å². The number of nitrogens with one attached hydrogen (secondary N) is 1. The molecule has 1 rings (SSSR count). The van der Waals surface area contributed by atoms with Crippen LogP contribution in [0.5, 0.6) is 0 Å². The Balaban J connectivity index is 2.07. The minimum absolute atomic E-state index is 0.253. The van der Waals surface area contributed by atoms with E-state index in [4.69, 9.17) is 16.7 Å². The van der Waals surface area contributed by atoms with E-state index in [1.165, 1.54) is 5.56 Å². The first-order valence-electron chi connectivity index (χ1n) is 5.35. The van der Waals surface area contributed by atoms with Gasteiger partial charge in [-0.3, -0.25) is 4.79 Å². The highest BCUT2D eigenvalue weighted by Gasteiger charge is 1.96. The predicted octanol–water partition coefficient (Wildman–Crippen LogP) is 2.68. The maximum atomic E-state index is 10.3. The summed E-state index contributed by atoms with van der Waals surface area (Å²) in [5.41, 5.74) is 1.18. The third-order valence-electron chi connectivity index (χ3n) is 2.24. The molecule has 0 aliphatic carbocycles. The fraction of sp³-hybridized carbons (Fsp3) is 0.417. The highest BCUT2D eigenvalue weighted by Crippen LogP contribution is 2.09. The van der Waals surface area contributed by atoms with Crippen molar-refractivity contribution < 1.29 is 9.90 Å². The van der Waals surface area contributed by atoms with Gasteiger partial charge in [-0.15, -0.1) is 0 Å². The maximum absolute atomic E-state index is 10.3. The summed E-state index contributed by atoms with van der Waals surface area (Å²) in [7, 11) is 0.